The summed E-state index contributed by atoms with van der Waals surface area (Å²) in [6, 6.07) is 13.4. The maximum atomic E-state index is 14.0. The lowest BCUT2D eigenvalue weighted by Gasteiger charge is -2.11. The van der Waals surface area contributed by atoms with Crippen LogP contribution in [0.4, 0.5) is 9.52 Å². The van der Waals surface area contributed by atoms with Gasteiger partial charge in [0.15, 0.2) is 5.13 Å². The van der Waals surface area contributed by atoms with Crippen LogP contribution in [-0.2, 0) is 13.1 Å². The van der Waals surface area contributed by atoms with E-state index in [4.69, 9.17) is 0 Å². The van der Waals surface area contributed by atoms with Gasteiger partial charge in [0.1, 0.15) is 5.82 Å². The predicted octanol–water partition coefficient (Wildman–Crippen LogP) is 4.11. The zero-order valence-corrected chi connectivity index (χ0v) is 13.5. The van der Waals surface area contributed by atoms with Gasteiger partial charge in [0.2, 0.25) is 0 Å². The summed E-state index contributed by atoms with van der Waals surface area (Å²) in [6.07, 6.45) is 0. The molecular formula is C17H18FN3S. The van der Waals surface area contributed by atoms with E-state index in [0.717, 1.165) is 20.9 Å². The molecule has 0 radical (unpaired) electrons. The van der Waals surface area contributed by atoms with Crippen LogP contribution in [0.5, 0.6) is 0 Å². The van der Waals surface area contributed by atoms with Gasteiger partial charge in [-0.1, -0.05) is 35.6 Å². The number of anilines is 1. The number of hydrogen-bond acceptors (Lipinski definition) is 4. The average molecular weight is 315 g/mol. The maximum absolute atomic E-state index is 14.0. The summed E-state index contributed by atoms with van der Waals surface area (Å²) in [7, 11) is 3.87. The first-order valence-electron chi connectivity index (χ1n) is 7.13. The van der Waals surface area contributed by atoms with Gasteiger partial charge in [0.25, 0.3) is 0 Å². The fourth-order valence-corrected chi connectivity index (χ4v) is 3.16. The second kappa shape index (κ2) is 6.42. The normalized spacial score (nSPS) is 11.3. The van der Waals surface area contributed by atoms with Crippen molar-refractivity contribution in [2.45, 2.75) is 13.1 Å². The van der Waals surface area contributed by atoms with Crippen molar-refractivity contribution < 1.29 is 4.39 Å². The third-order valence-corrected chi connectivity index (χ3v) is 4.34. The van der Waals surface area contributed by atoms with Crippen molar-refractivity contribution in [3.63, 3.8) is 0 Å². The summed E-state index contributed by atoms with van der Waals surface area (Å²) < 4.78 is 15.2. The third-order valence-electron chi connectivity index (χ3n) is 3.34. The number of nitrogens with one attached hydrogen (secondary N) is 1. The molecule has 0 bridgehead atoms. The molecule has 0 aliphatic rings. The molecular weight excluding hydrogens is 297 g/mol. The zero-order chi connectivity index (χ0) is 15.5. The molecule has 1 N–H and O–H groups in total. The van der Waals surface area contributed by atoms with Gasteiger partial charge in [-0.05, 0) is 37.9 Å². The van der Waals surface area contributed by atoms with Gasteiger partial charge < -0.3 is 10.2 Å². The molecule has 0 atom stereocenters. The van der Waals surface area contributed by atoms with Crippen molar-refractivity contribution in [2.75, 3.05) is 19.4 Å². The van der Waals surface area contributed by atoms with Crippen molar-refractivity contribution in [2.24, 2.45) is 0 Å². The second-order valence-electron chi connectivity index (χ2n) is 5.50. The van der Waals surface area contributed by atoms with E-state index in [1.54, 1.807) is 17.4 Å². The van der Waals surface area contributed by atoms with Gasteiger partial charge in [-0.3, -0.25) is 0 Å². The first-order chi connectivity index (χ1) is 10.6. The molecule has 22 heavy (non-hydrogen) atoms. The third kappa shape index (κ3) is 3.43. The molecule has 3 aromatic rings. The van der Waals surface area contributed by atoms with E-state index in [1.165, 1.54) is 0 Å². The van der Waals surface area contributed by atoms with Crippen LogP contribution >= 0.6 is 11.3 Å². The van der Waals surface area contributed by atoms with E-state index >= 15 is 0 Å². The van der Waals surface area contributed by atoms with Crippen molar-refractivity contribution >= 4 is 26.7 Å². The van der Waals surface area contributed by atoms with Crippen LogP contribution in [0.3, 0.4) is 0 Å². The molecule has 0 aliphatic heterocycles. The summed E-state index contributed by atoms with van der Waals surface area (Å²) >= 11 is 1.61. The Labute approximate surface area is 133 Å². The number of rotatable bonds is 5. The van der Waals surface area contributed by atoms with Crippen molar-refractivity contribution in [1.82, 2.24) is 9.88 Å². The molecule has 0 unspecified atom stereocenters. The Balaban J connectivity index is 1.69. The summed E-state index contributed by atoms with van der Waals surface area (Å²) in [5.74, 6) is -0.155. The minimum Gasteiger partial charge on any atom is -0.357 e. The highest BCUT2D eigenvalue weighted by molar-refractivity contribution is 7.22. The van der Waals surface area contributed by atoms with E-state index in [9.17, 15) is 4.39 Å². The van der Waals surface area contributed by atoms with Gasteiger partial charge in [0, 0.05) is 18.7 Å². The Kier molecular flexibility index (Phi) is 4.36. The highest BCUT2D eigenvalue weighted by Gasteiger charge is 2.06. The second-order valence-corrected chi connectivity index (χ2v) is 6.53. The molecule has 0 saturated heterocycles. The molecule has 2 aromatic carbocycles. The molecule has 0 amide bonds. The van der Waals surface area contributed by atoms with Crippen LogP contribution in [0.15, 0.2) is 42.5 Å². The van der Waals surface area contributed by atoms with Crippen LogP contribution in [0.25, 0.3) is 10.2 Å². The predicted molar refractivity (Wildman–Crippen MR) is 90.7 cm³/mol. The lowest BCUT2D eigenvalue weighted by Crippen LogP contribution is -2.12. The van der Waals surface area contributed by atoms with E-state index < -0.39 is 0 Å². The largest absolute Gasteiger partial charge is 0.357 e. The number of fused-ring (bicyclic) bond motifs is 1. The molecule has 1 heterocycles. The number of halogens is 1. The van der Waals surface area contributed by atoms with Crippen LogP contribution in [0.2, 0.25) is 0 Å². The first kappa shape index (κ1) is 14.9. The average Bonchev–Trinajstić information content (AvgIpc) is 2.90. The number of thiazole rings is 1. The standard InChI is InChI=1S/C17H18FN3S/c1-21(2)11-13-8-7-12(9-14(13)18)10-19-17-20-15-5-3-4-6-16(15)22-17/h3-9H,10-11H2,1-2H3,(H,19,20). The molecule has 0 aliphatic carbocycles. The molecule has 1 aromatic heterocycles. The van der Waals surface area contributed by atoms with Gasteiger partial charge in [-0.15, -0.1) is 0 Å². The Morgan fingerprint density at radius 3 is 2.73 bits per heavy atom. The monoisotopic (exact) mass is 315 g/mol. The van der Waals surface area contributed by atoms with Crippen molar-refractivity contribution in [1.29, 1.82) is 0 Å². The molecule has 114 valence electrons. The molecule has 0 fully saturated rings. The summed E-state index contributed by atoms with van der Waals surface area (Å²) in [5, 5.41) is 4.13. The zero-order valence-electron chi connectivity index (χ0n) is 12.6. The number of hydrogen-bond donors (Lipinski definition) is 1. The van der Waals surface area contributed by atoms with E-state index in [-0.39, 0.29) is 5.82 Å². The van der Waals surface area contributed by atoms with Crippen molar-refractivity contribution in [3.8, 4) is 0 Å². The quantitative estimate of drug-likeness (QED) is 0.768. The minimum atomic E-state index is -0.155. The summed E-state index contributed by atoms with van der Waals surface area (Å²) in [5.41, 5.74) is 2.62. The molecule has 0 saturated carbocycles. The number of nitrogens with zero attached hydrogens (tertiary/aromatic N) is 2. The maximum Gasteiger partial charge on any atom is 0.184 e. The lowest BCUT2D eigenvalue weighted by atomic mass is 10.1. The smallest absolute Gasteiger partial charge is 0.184 e. The Morgan fingerprint density at radius 1 is 1.18 bits per heavy atom. The van der Waals surface area contributed by atoms with Gasteiger partial charge in [-0.2, -0.15) is 0 Å². The number of para-hydroxylation sites is 1. The van der Waals surface area contributed by atoms with Crippen LogP contribution in [0, 0.1) is 5.82 Å². The first-order valence-corrected chi connectivity index (χ1v) is 7.95. The summed E-state index contributed by atoms with van der Waals surface area (Å²) in [4.78, 5) is 6.47. The lowest BCUT2D eigenvalue weighted by molar-refractivity contribution is 0.392. The van der Waals surface area contributed by atoms with Crippen LogP contribution in [-0.4, -0.2) is 24.0 Å². The fourth-order valence-electron chi connectivity index (χ4n) is 2.30. The Morgan fingerprint density at radius 2 is 2.00 bits per heavy atom. The number of aromatic nitrogens is 1. The Hall–Kier alpha value is -1.98. The fraction of sp³-hybridized carbons (Fsp3) is 0.235. The number of benzene rings is 2. The molecule has 3 nitrogen and oxygen atoms in total. The highest BCUT2D eigenvalue weighted by atomic mass is 32.1. The van der Waals surface area contributed by atoms with E-state index in [1.807, 2.05) is 55.4 Å². The van der Waals surface area contributed by atoms with E-state index in [0.29, 0.717) is 18.7 Å². The van der Waals surface area contributed by atoms with Gasteiger partial charge in [-0.25, -0.2) is 9.37 Å². The molecule has 0 spiro atoms. The molecule has 5 heteroatoms. The summed E-state index contributed by atoms with van der Waals surface area (Å²) in [6.45, 7) is 1.18. The minimum absolute atomic E-state index is 0.155. The van der Waals surface area contributed by atoms with Crippen LogP contribution < -0.4 is 5.32 Å². The van der Waals surface area contributed by atoms with Crippen LogP contribution in [0.1, 0.15) is 11.1 Å². The SMILES string of the molecule is CN(C)Cc1ccc(CNc2nc3ccccc3s2)cc1F. The highest BCUT2D eigenvalue weighted by Crippen LogP contribution is 2.25. The van der Waals surface area contributed by atoms with Crippen molar-refractivity contribution in [3.05, 3.63) is 59.4 Å². The molecule has 3 rings (SSSR count). The topological polar surface area (TPSA) is 28.2 Å². The van der Waals surface area contributed by atoms with E-state index in [2.05, 4.69) is 10.3 Å². The van der Waals surface area contributed by atoms with Gasteiger partial charge >= 0.3 is 0 Å². The Bertz CT molecular complexity index is 749. The van der Waals surface area contributed by atoms with Gasteiger partial charge in [0.05, 0.1) is 10.2 Å².